The van der Waals surface area contributed by atoms with E-state index in [1.165, 1.54) is 103 Å². The Morgan fingerprint density at radius 2 is 1.03 bits per heavy atom. The van der Waals surface area contributed by atoms with Crippen molar-refractivity contribution >= 4 is 0 Å². The van der Waals surface area contributed by atoms with Crippen molar-refractivity contribution in [3.63, 3.8) is 0 Å². The molecule has 0 radical (unpaired) electrons. The van der Waals surface area contributed by atoms with E-state index in [0.717, 1.165) is 19.3 Å². The first kappa shape index (κ1) is 30.6. The van der Waals surface area contributed by atoms with Gasteiger partial charge >= 0.3 is 0 Å². The van der Waals surface area contributed by atoms with Crippen LogP contribution in [0.25, 0.3) is 0 Å². The Morgan fingerprint density at radius 3 is 1.45 bits per heavy atom. The first-order valence-electron chi connectivity index (χ1n) is 13.8. The lowest BCUT2D eigenvalue weighted by Crippen LogP contribution is -2.45. The van der Waals surface area contributed by atoms with Gasteiger partial charge in [0.25, 0.3) is 0 Å². The average Bonchev–Trinajstić information content (AvgIpc) is 2.77. The SMILES string of the molecule is CCCCCCCC/C=C/CCCCCCCCCCCCC(O)(CO)C(O)CCC. The monoisotopic (exact) mass is 440 g/mol. The van der Waals surface area contributed by atoms with Gasteiger partial charge in [-0.2, -0.15) is 0 Å². The molecule has 0 rings (SSSR count). The van der Waals surface area contributed by atoms with Crippen LogP contribution in [0.2, 0.25) is 0 Å². The highest BCUT2D eigenvalue weighted by molar-refractivity contribution is 4.85. The molecule has 0 bridgehead atoms. The molecule has 0 heterocycles. The van der Waals surface area contributed by atoms with Crippen molar-refractivity contribution in [2.24, 2.45) is 0 Å². The number of aliphatic hydroxyl groups excluding tert-OH is 2. The van der Waals surface area contributed by atoms with Gasteiger partial charge in [0.05, 0.1) is 12.7 Å². The van der Waals surface area contributed by atoms with Crippen molar-refractivity contribution in [1.82, 2.24) is 0 Å². The number of rotatable bonds is 24. The summed E-state index contributed by atoms with van der Waals surface area (Å²) in [6, 6.07) is 0. The molecular weight excluding hydrogens is 384 g/mol. The van der Waals surface area contributed by atoms with E-state index in [1.54, 1.807) is 0 Å². The molecule has 0 fully saturated rings. The summed E-state index contributed by atoms with van der Waals surface area (Å²) >= 11 is 0. The van der Waals surface area contributed by atoms with Crippen LogP contribution in [0.3, 0.4) is 0 Å². The lowest BCUT2D eigenvalue weighted by atomic mass is 9.88. The fourth-order valence-corrected chi connectivity index (χ4v) is 4.28. The van der Waals surface area contributed by atoms with E-state index in [0.29, 0.717) is 12.8 Å². The number of hydrogen-bond acceptors (Lipinski definition) is 3. The van der Waals surface area contributed by atoms with Crippen LogP contribution < -0.4 is 0 Å². The van der Waals surface area contributed by atoms with E-state index in [1.807, 2.05) is 6.92 Å². The summed E-state index contributed by atoms with van der Waals surface area (Å²) in [6.07, 6.45) is 29.2. The molecule has 3 heteroatoms. The Balaban J connectivity index is 3.35. The molecule has 2 atom stereocenters. The van der Waals surface area contributed by atoms with Crippen molar-refractivity contribution in [2.75, 3.05) is 6.61 Å². The highest BCUT2D eigenvalue weighted by Gasteiger charge is 2.33. The van der Waals surface area contributed by atoms with Gasteiger partial charge in [-0.15, -0.1) is 0 Å². The molecule has 0 saturated heterocycles. The molecule has 31 heavy (non-hydrogen) atoms. The first-order valence-corrected chi connectivity index (χ1v) is 13.8. The van der Waals surface area contributed by atoms with Gasteiger partial charge < -0.3 is 15.3 Å². The van der Waals surface area contributed by atoms with E-state index in [2.05, 4.69) is 19.1 Å². The van der Waals surface area contributed by atoms with Crippen molar-refractivity contribution < 1.29 is 15.3 Å². The molecule has 3 nitrogen and oxygen atoms in total. The second-order valence-electron chi connectivity index (χ2n) is 9.67. The van der Waals surface area contributed by atoms with Gasteiger partial charge in [-0.25, -0.2) is 0 Å². The minimum absolute atomic E-state index is 0.344. The second-order valence-corrected chi connectivity index (χ2v) is 9.67. The summed E-state index contributed by atoms with van der Waals surface area (Å²) in [4.78, 5) is 0. The fraction of sp³-hybridized carbons (Fsp3) is 0.929. The molecule has 2 unspecified atom stereocenters. The van der Waals surface area contributed by atoms with Crippen LogP contribution >= 0.6 is 0 Å². The van der Waals surface area contributed by atoms with Crippen LogP contribution in [0.5, 0.6) is 0 Å². The Bertz CT molecular complexity index is 382. The maximum absolute atomic E-state index is 10.4. The maximum atomic E-state index is 10.4. The normalized spacial score (nSPS) is 14.9. The van der Waals surface area contributed by atoms with Crippen molar-refractivity contribution in [2.45, 2.75) is 160 Å². The number of allylic oxidation sites excluding steroid dienone is 2. The minimum atomic E-state index is -1.31. The lowest BCUT2D eigenvalue weighted by molar-refractivity contribution is -0.113. The molecule has 0 aliphatic heterocycles. The molecule has 0 aromatic rings. The fourth-order valence-electron chi connectivity index (χ4n) is 4.28. The standard InChI is InChI=1S/C28H56O3/c1-3-5-6-7-8-9-10-11-12-13-14-15-16-17-18-19-20-21-22-23-25-28(31,26-29)27(30)24-4-2/h11-12,27,29-31H,3-10,13-26H2,1-2H3/b12-11+. The van der Waals surface area contributed by atoms with Crippen LogP contribution in [-0.2, 0) is 0 Å². The van der Waals surface area contributed by atoms with Crippen LogP contribution in [0.1, 0.15) is 149 Å². The van der Waals surface area contributed by atoms with Gasteiger partial charge in [0.15, 0.2) is 0 Å². The van der Waals surface area contributed by atoms with Crippen molar-refractivity contribution in [1.29, 1.82) is 0 Å². The molecular formula is C28H56O3. The molecule has 0 aromatic carbocycles. The topological polar surface area (TPSA) is 60.7 Å². The molecule has 0 aliphatic carbocycles. The molecule has 0 aromatic heterocycles. The van der Waals surface area contributed by atoms with E-state index in [-0.39, 0.29) is 6.61 Å². The average molecular weight is 441 g/mol. The van der Waals surface area contributed by atoms with Crippen LogP contribution in [0.15, 0.2) is 12.2 Å². The third-order valence-electron chi connectivity index (χ3n) is 6.58. The molecule has 0 spiro atoms. The summed E-state index contributed by atoms with van der Waals surface area (Å²) < 4.78 is 0. The van der Waals surface area contributed by atoms with Crippen LogP contribution in [0, 0.1) is 0 Å². The molecule has 0 aliphatic rings. The van der Waals surface area contributed by atoms with Crippen LogP contribution in [-0.4, -0.2) is 33.6 Å². The smallest absolute Gasteiger partial charge is 0.113 e. The summed E-state index contributed by atoms with van der Waals surface area (Å²) in [7, 11) is 0. The zero-order valence-electron chi connectivity index (χ0n) is 21.1. The minimum Gasteiger partial charge on any atom is -0.393 e. The molecule has 186 valence electrons. The second kappa shape index (κ2) is 22.8. The van der Waals surface area contributed by atoms with E-state index in [4.69, 9.17) is 0 Å². The third-order valence-corrected chi connectivity index (χ3v) is 6.58. The Hall–Kier alpha value is -0.380. The Kier molecular flexibility index (Phi) is 22.5. The van der Waals surface area contributed by atoms with Crippen molar-refractivity contribution in [3.8, 4) is 0 Å². The lowest BCUT2D eigenvalue weighted by Gasteiger charge is -2.31. The third kappa shape index (κ3) is 18.9. The Labute approximate surface area is 194 Å². The highest BCUT2D eigenvalue weighted by atomic mass is 16.4. The van der Waals surface area contributed by atoms with Gasteiger partial charge in [0, 0.05) is 0 Å². The maximum Gasteiger partial charge on any atom is 0.113 e. The van der Waals surface area contributed by atoms with Gasteiger partial charge in [0.2, 0.25) is 0 Å². The zero-order valence-corrected chi connectivity index (χ0v) is 21.1. The van der Waals surface area contributed by atoms with Gasteiger partial charge in [-0.1, -0.05) is 122 Å². The summed E-state index contributed by atoms with van der Waals surface area (Å²) in [6.45, 7) is 3.91. The zero-order chi connectivity index (χ0) is 23.0. The van der Waals surface area contributed by atoms with Gasteiger partial charge in [-0.3, -0.25) is 0 Å². The molecule has 3 N–H and O–H groups in total. The van der Waals surface area contributed by atoms with E-state index < -0.39 is 11.7 Å². The Morgan fingerprint density at radius 1 is 0.613 bits per heavy atom. The van der Waals surface area contributed by atoms with E-state index >= 15 is 0 Å². The number of aliphatic hydroxyl groups is 3. The number of unbranched alkanes of at least 4 members (excludes halogenated alkanes) is 16. The predicted molar refractivity (Wildman–Crippen MR) is 135 cm³/mol. The predicted octanol–water partition coefficient (Wildman–Crippen LogP) is 7.86. The summed E-state index contributed by atoms with van der Waals surface area (Å²) in [5.74, 6) is 0. The van der Waals surface area contributed by atoms with Crippen molar-refractivity contribution in [3.05, 3.63) is 12.2 Å². The molecule has 0 saturated carbocycles. The van der Waals surface area contributed by atoms with Crippen LogP contribution in [0.4, 0.5) is 0 Å². The van der Waals surface area contributed by atoms with E-state index in [9.17, 15) is 15.3 Å². The highest BCUT2D eigenvalue weighted by Crippen LogP contribution is 2.23. The van der Waals surface area contributed by atoms with Gasteiger partial charge in [-0.05, 0) is 38.5 Å². The summed E-state index contributed by atoms with van der Waals surface area (Å²) in [5.41, 5.74) is -1.31. The van der Waals surface area contributed by atoms with Gasteiger partial charge in [0.1, 0.15) is 5.60 Å². The molecule has 0 amide bonds. The largest absolute Gasteiger partial charge is 0.393 e. The first-order chi connectivity index (χ1) is 15.1. The summed E-state index contributed by atoms with van der Waals surface area (Å²) in [5, 5.41) is 29.8. The number of hydrogen-bond donors (Lipinski definition) is 3. The quantitative estimate of drug-likeness (QED) is 0.106.